The summed E-state index contributed by atoms with van der Waals surface area (Å²) in [5.41, 5.74) is 1.37. The molecule has 1 fully saturated rings. The summed E-state index contributed by atoms with van der Waals surface area (Å²) >= 11 is 0. The van der Waals surface area contributed by atoms with Crippen molar-refractivity contribution in [2.75, 3.05) is 0 Å². The van der Waals surface area contributed by atoms with Crippen molar-refractivity contribution in [3.63, 3.8) is 0 Å². The second kappa shape index (κ2) is 5.16. The molecule has 1 atom stereocenters. The summed E-state index contributed by atoms with van der Waals surface area (Å²) in [7, 11) is 0. The van der Waals surface area contributed by atoms with Gasteiger partial charge in [0.25, 0.3) is 5.91 Å². The number of carbonyl (C=O) groups excluding carboxylic acids is 3. The first-order valence-corrected chi connectivity index (χ1v) is 6.70. The zero-order chi connectivity index (χ0) is 15.0. The maximum atomic E-state index is 13.6. The molecule has 0 spiro atoms. The largest absolute Gasteiger partial charge is 0.334 e. The van der Waals surface area contributed by atoms with E-state index in [0.29, 0.717) is 12.1 Å². The van der Waals surface area contributed by atoms with Crippen molar-refractivity contribution in [1.82, 2.24) is 15.5 Å². The van der Waals surface area contributed by atoms with Crippen LogP contribution in [0.25, 0.3) is 0 Å². The highest BCUT2D eigenvalue weighted by Crippen LogP contribution is 2.25. The highest BCUT2D eigenvalue weighted by molar-refractivity contribution is 6.04. The van der Waals surface area contributed by atoms with Gasteiger partial charge >= 0.3 is 6.03 Å². The average molecular weight is 291 g/mol. The SMILES string of the molecule is O=C1NC(=O)C(CCC(=O)N2Cc3cccc(F)c3C2)N1. The van der Waals surface area contributed by atoms with E-state index in [2.05, 4.69) is 10.6 Å². The van der Waals surface area contributed by atoms with Crippen molar-refractivity contribution >= 4 is 17.8 Å². The fourth-order valence-electron chi connectivity index (χ4n) is 2.65. The minimum absolute atomic E-state index is 0.133. The summed E-state index contributed by atoms with van der Waals surface area (Å²) in [6.07, 6.45) is 0.375. The Balaban J connectivity index is 1.57. The minimum atomic E-state index is -0.664. The van der Waals surface area contributed by atoms with Crippen LogP contribution in [0.4, 0.5) is 9.18 Å². The molecule has 0 bridgehead atoms. The summed E-state index contributed by atoms with van der Waals surface area (Å²) in [6, 6.07) is 3.61. The summed E-state index contributed by atoms with van der Waals surface area (Å²) in [5, 5.41) is 4.56. The number of hydrogen-bond donors (Lipinski definition) is 2. The van der Waals surface area contributed by atoms with Gasteiger partial charge in [0, 0.05) is 25.1 Å². The second-order valence-corrected chi connectivity index (χ2v) is 5.18. The number of imide groups is 1. The average Bonchev–Trinajstić information content (AvgIpc) is 3.00. The predicted octanol–water partition coefficient (Wildman–Crippen LogP) is 0.656. The normalized spacial score (nSPS) is 20.2. The molecule has 2 heterocycles. The number of hydrogen-bond acceptors (Lipinski definition) is 3. The van der Waals surface area contributed by atoms with Crippen LogP contribution < -0.4 is 10.6 Å². The Hall–Kier alpha value is -2.44. The lowest BCUT2D eigenvalue weighted by molar-refractivity contribution is -0.132. The zero-order valence-electron chi connectivity index (χ0n) is 11.2. The maximum absolute atomic E-state index is 13.6. The predicted molar refractivity (Wildman–Crippen MR) is 70.4 cm³/mol. The first-order chi connectivity index (χ1) is 10.0. The van der Waals surface area contributed by atoms with Crippen LogP contribution in [0, 0.1) is 5.82 Å². The van der Waals surface area contributed by atoms with Gasteiger partial charge in [-0.2, -0.15) is 0 Å². The molecule has 2 N–H and O–H groups in total. The van der Waals surface area contributed by atoms with Crippen molar-refractivity contribution in [1.29, 1.82) is 0 Å². The van der Waals surface area contributed by atoms with Crippen LogP contribution in [0.3, 0.4) is 0 Å². The summed E-state index contributed by atoms with van der Waals surface area (Å²) in [5.74, 6) is -0.867. The van der Waals surface area contributed by atoms with Crippen LogP contribution in [0.5, 0.6) is 0 Å². The molecule has 0 aromatic heterocycles. The Morgan fingerprint density at radius 1 is 1.33 bits per heavy atom. The molecule has 7 heteroatoms. The third-order valence-corrected chi connectivity index (χ3v) is 3.78. The van der Waals surface area contributed by atoms with Gasteiger partial charge in [-0.15, -0.1) is 0 Å². The molecule has 6 nitrogen and oxygen atoms in total. The topological polar surface area (TPSA) is 78.5 Å². The number of rotatable bonds is 3. The van der Waals surface area contributed by atoms with Crippen LogP contribution >= 0.6 is 0 Å². The van der Waals surface area contributed by atoms with Gasteiger partial charge in [-0.25, -0.2) is 9.18 Å². The molecule has 1 aromatic rings. The van der Waals surface area contributed by atoms with Crippen LogP contribution in [0.2, 0.25) is 0 Å². The van der Waals surface area contributed by atoms with Crippen LogP contribution in [-0.2, 0) is 22.7 Å². The van der Waals surface area contributed by atoms with Gasteiger partial charge < -0.3 is 10.2 Å². The molecule has 2 aliphatic heterocycles. The van der Waals surface area contributed by atoms with Gasteiger partial charge in [-0.05, 0) is 18.1 Å². The molecular formula is C14H14FN3O3. The van der Waals surface area contributed by atoms with E-state index in [0.717, 1.165) is 5.56 Å². The van der Waals surface area contributed by atoms with Crippen molar-refractivity contribution in [2.45, 2.75) is 32.0 Å². The highest BCUT2D eigenvalue weighted by atomic mass is 19.1. The van der Waals surface area contributed by atoms with Gasteiger partial charge in [0.15, 0.2) is 0 Å². The standard InChI is InChI=1S/C14H14FN3O3/c15-10-3-1-2-8-6-18(7-9(8)10)12(19)5-4-11-13(20)17-14(21)16-11/h1-3,11H,4-7H2,(H2,16,17,20,21). The number of benzene rings is 1. The van der Waals surface area contributed by atoms with E-state index in [4.69, 9.17) is 0 Å². The van der Waals surface area contributed by atoms with Gasteiger partial charge in [0.1, 0.15) is 11.9 Å². The van der Waals surface area contributed by atoms with Crippen molar-refractivity contribution < 1.29 is 18.8 Å². The molecule has 3 rings (SSSR count). The van der Waals surface area contributed by atoms with Gasteiger partial charge in [-0.1, -0.05) is 12.1 Å². The fourth-order valence-corrected chi connectivity index (χ4v) is 2.65. The number of urea groups is 1. The Bertz CT molecular complexity index is 632. The quantitative estimate of drug-likeness (QED) is 0.803. The van der Waals surface area contributed by atoms with Gasteiger partial charge in [0.2, 0.25) is 5.91 Å². The number of halogens is 1. The number of fused-ring (bicyclic) bond motifs is 1. The monoisotopic (exact) mass is 291 g/mol. The maximum Gasteiger partial charge on any atom is 0.322 e. The van der Waals surface area contributed by atoms with E-state index in [1.54, 1.807) is 17.0 Å². The molecule has 21 heavy (non-hydrogen) atoms. The Morgan fingerprint density at radius 2 is 2.14 bits per heavy atom. The molecule has 2 aliphatic rings. The lowest BCUT2D eigenvalue weighted by atomic mass is 10.1. The summed E-state index contributed by atoms with van der Waals surface area (Å²) in [4.78, 5) is 36.0. The number of amides is 4. The minimum Gasteiger partial charge on any atom is -0.334 e. The van der Waals surface area contributed by atoms with Gasteiger partial charge in [0.05, 0.1) is 0 Å². The second-order valence-electron chi connectivity index (χ2n) is 5.18. The van der Waals surface area contributed by atoms with Gasteiger partial charge in [-0.3, -0.25) is 14.9 Å². The lowest BCUT2D eigenvalue weighted by Gasteiger charge is -2.16. The number of nitrogens with one attached hydrogen (secondary N) is 2. The summed E-state index contributed by atoms with van der Waals surface area (Å²) < 4.78 is 13.6. The smallest absolute Gasteiger partial charge is 0.322 e. The van der Waals surface area contributed by atoms with E-state index in [1.165, 1.54) is 6.07 Å². The lowest BCUT2D eigenvalue weighted by Crippen LogP contribution is -2.32. The van der Waals surface area contributed by atoms with Crippen LogP contribution in [0.1, 0.15) is 24.0 Å². The van der Waals surface area contributed by atoms with Crippen molar-refractivity contribution in [2.24, 2.45) is 0 Å². The molecule has 1 saturated heterocycles. The third-order valence-electron chi connectivity index (χ3n) is 3.78. The molecule has 0 aliphatic carbocycles. The Morgan fingerprint density at radius 3 is 2.81 bits per heavy atom. The molecule has 1 aromatic carbocycles. The van der Waals surface area contributed by atoms with E-state index in [9.17, 15) is 18.8 Å². The number of carbonyl (C=O) groups is 3. The van der Waals surface area contributed by atoms with Crippen LogP contribution in [0.15, 0.2) is 18.2 Å². The zero-order valence-corrected chi connectivity index (χ0v) is 11.2. The first kappa shape index (κ1) is 13.5. The van der Waals surface area contributed by atoms with Crippen LogP contribution in [-0.4, -0.2) is 28.8 Å². The molecule has 0 radical (unpaired) electrons. The van der Waals surface area contributed by atoms with Crippen molar-refractivity contribution in [3.8, 4) is 0 Å². The molecule has 1 unspecified atom stereocenters. The molecule has 110 valence electrons. The Labute approximate surface area is 120 Å². The van der Waals surface area contributed by atoms with Crippen molar-refractivity contribution in [3.05, 3.63) is 35.1 Å². The molecule has 0 saturated carbocycles. The van der Waals surface area contributed by atoms with E-state index in [1.807, 2.05) is 0 Å². The summed E-state index contributed by atoms with van der Waals surface area (Å²) in [6.45, 7) is 0.638. The molecule has 4 amide bonds. The van der Waals surface area contributed by atoms with E-state index < -0.39 is 18.0 Å². The molecular weight excluding hydrogens is 277 g/mol. The van der Waals surface area contributed by atoms with E-state index >= 15 is 0 Å². The highest BCUT2D eigenvalue weighted by Gasteiger charge is 2.31. The third kappa shape index (κ3) is 2.58. The first-order valence-electron chi connectivity index (χ1n) is 6.70. The Kier molecular flexibility index (Phi) is 3.32. The number of nitrogens with zero attached hydrogens (tertiary/aromatic N) is 1. The fraction of sp³-hybridized carbons (Fsp3) is 0.357. The van der Waals surface area contributed by atoms with E-state index in [-0.39, 0.29) is 31.1 Å².